The van der Waals surface area contributed by atoms with Gasteiger partial charge in [0.05, 0.1) is 24.9 Å². The fraction of sp³-hybridized carbons (Fsp3) is 0.200. The second-order valence-corrected chi connectivity index (χ2v) is 8.41. The number of halogens is 1. The average molecular weight is 503 g/mol. The molecule has 12 heteroatoms. The minimum absolute atomic E-state index is 0.0389. The van der Waals surface area contributed by atoms with Crippen LogP contribution in [0.5, 0.6) is 0 Å². The second-order valence-electron chi connectivity index (χ2n) is 8.41. The molecule has 0 aliphatic carbocycles. The van der Waals surface area contributed by atoms with Crippen LogP contribution in [0.15, 0.2) is 45.6 Å². The highest BCUT2D eigenvalue weighted by Crippen LogP contribution is 2.35. The van der Waals surface area contributed by atoms with Crippen LogP contribution in [-0.4, -0.2) is 42.2 Å². The Labute approximate surface area is 209 Å². The van der Waals surface area contributed by atoms with Crippen LogP contribution in [-0.2, 0) is 11.3 Å². The Morgan fingerprint density at radius 1 is 1.08 bits per heavy atom. The Balaban J connectivity index is 1.83. The van der Waals surface area contributed by atoms with Crippen LogP contribution in [0.25, 0.3) is 28.0 Å². The maximum Gasteiger partial charge on any atom is 0.356 e. The van der Waals surface area contributed by atoms with Crippen LogP contribution in [0, 0.1) is 26.6 Å². The van der Waals surface area contributed by atoms with Gasteiger partial charge < -0.3 is 14.9 Å². The number of anilines is 1. The van der Waals surface area contributed by atoms with E-state index < -0.39 is 17.5 Å². The Morgan fingerprint density at radius 2 is 1.81 bits per heavy atom. The first kappa shape index (κ1) is 23.9. The quantitative estimate of drug-likeness (QED) is 0.358. The van der Waals surface area contributed by atoms with E-state index in [4.69, 9.17) is 14.9 Å². The predicted molar refractivity (Wildman–Crippen MR) is 131 cm³/mol. The molecule has 5 aromatic rings. The summed E-state index contributed by atoms with van der Waals surface area (Å²) in [4.78, 5) is 38.8. The van der Waals surface area contributed by atoms with Crippen molar-refractivity contribution < 1.29 is 18.3 Å². The number of benzene rings is 1. The van der Waals surface area contributed by atoms with Gasteiger partial charge in [-0.1, -0.05) is 0 Å². The second kappa shape index (κ2) is 8.97. The van der Waals surface area contributed by atoms with Gasteiger partial charge in [-0.2, -0.15) is 0 Å². The number of nitrogen functional groups attached to an aromatic ring is 1. The molecule has 0 atom stereocenters. The van der Waals surface area contributed by atoms with E-state index in [0.29, 0.717) is 45.4 Å². The Bertz CT molecular complexity index is 1740. The first-order chi connectivity index (χ1) is 17.7. The third-order valence-corrected chi connectivity index (χ3v) is 5.81. The van der Waals surface area contributed by atoms with Crippen LogP contribution >= 0.6 is 0 Å². The molecular weight excluding hydrogens is 481 g/mol. The maximum absolute atomic E-state index is 13.7. The molecule has 5 rings (SSSR count). The summed E-state index contributed by atoms with van der Waals surface area (Å²) in [6.07, 6.45) is 0. The normalized spacial score (nSPS) is 11.3. The van der Waals surface area contributed by atoms with Gasteiger partial charge >= 0.3 is 11.7 Å². The number of hydrogen-bond donors (Lipinski definition) is 1. The molecule has 0 aliphatic rings. The van der Waals surface area contributed by atoms with Gasteiger partial charge in [-0.05, 0) is 55.8 Å². The number of fused-ring (bicyclic) bond motifs is 1. The number of ether oxygens (including phenoxy) is 1. The lowest BCUT2D eigenvalue weighted by molar-refractivity contribution is 0.0594. The number of methoxy groups -OCH3 is 1. The van der Waals surface area contributed by atoms with Crippen molar-refractivity contribution in [1.82, 2.24) is 29.1 Å². The van der Waals surface area contributed by atoms with Crippen LogP contribution in [0.3, 0.4) is 0 Å². The summed E-state index contributed by atoms with van der Waals surface area (Å²) in [5.74, 6) is -0.139. The Hall–Kier alpha value is -4.87. The minimum Gasteiger partial charge on any atom is -0.464 e. The zero-order valence-corrected chi connectivity index (χ0v) is 20.4. The molecule has 0 radical (unpaired) electrons. The molecule has 0 fully saturated rings. The summed E-state index contributed by atoms with van der Waals surface area (Å²) in [5.41, 5.74) is 8.80. The Kier molecular flexibility index (Phi) is 5.78. The molecule has 4 aromatic heterocycles. The number of nitrogens with two attached hydrogens (primary N) is 1. The molecule has 0 spiro atoms. The maximum atomic E-state index is 13.7. The average Bonchev–Trinajstić information content (AvgIpc) is 3.36. The minimum atomic E-state index is -0.632. The number of carbonyl (C=O) groups is 1. The van der Waals surface area contributed by atoms with Crippen LogP contribution < -0.4 is 11.4 Å². The summed E-state index contributed by atoms with van der Waals surface area (Å²) in [6, 6.07) is 8.92. The summed E-state index contributed by atoms with van der Waals surface area (Å²) in [6.45, 7) is 5.22. The van der Waals surface area contributed by atoms with Gasteiger partial charge in [0.1, 0.15) is 23.0 Å². The molecule has 37 heavy (non-hydrogen) atoms. The van der Waals surface area contributed by atoms with Gasteiger partial charge in [-0.3, -0.25) is 0 Å². The van der Waals surface area contributed by atoms with Crippen molar-refractivity contribution in [3.63, 3.8) is 0 Å². The zero-order chi connectivity index (χ0) is 26.4. The first-order valence-electron chi connectivity index (χ1n) is 11.2. The number of oxazole rings is 1. The van der Waals surface area contributed by atoms with Crippen LogP contribution in [0.1, 0.15) is 33.5 Å². The SMILES string of the molecule is COC(=O)c1cc(-c2c(-c3ccc(F)cc3)nc(N)n3c(=O)n(Cc4nc(C)oc4C)nc23)cc(C)n1. The highest BCUT2D eigenvalue weighted by Gasteiger charge is 2.24. The standard InChI is InChI=1S/C25H22FN7O4/c1-12-9-16(10-18(28-12)23(34)36-4)20-21(15-5-7-17(26)8-6-15)30-24(27)33-22(20)31-32(25(33)35)11-19-13(2)37-14(3)29-19/h5-10H,11H2,1-4H3,(H2,27,30). The lowest BCUT2D eigenvalue weighted by Gasteiger charge is -2.13. The molecule has 0 aliphatic heterocycles. The van der Waals surface area contributed by atoms with Crippen LogP contribution in [0.2, 0.25) is 0 Å². The number of nitrogens with zero attached hydrogens (tertiary/aromatic N) is 6. The van der Waals surface area contributed by atoms with E-state index in [1.807, 2.05) is 0 Å². The van der Waals surface area contributed by atoms with Crippen molar-refractivity contribution in [3.05, 3.63) is 81.4 Å². The number of rotatable bonds is 5. The largest absolute Gasteiger partial charge is 0.464 e. The highest BCUT2D eigenvalue weighted by molar-refractivity contribution is 5.94. The van der Waals surface area contributed by atoms with E-state index in [2.05, 4.69) is 20.1 Å². The fourth-order valence-electron chi connectivity index (χ4n) is 4.17. The van der Waals surface area contributed by atoms with Crippen molar-refractivity contribution in [1.29, 1.82) is 0 Å². The van der Waals surface area contributed by atoms with Crippen molar-refractivity contribution in [2.75, 3.05) is 12.8 Å². The van der Waals surface area contributed by atoms with E-state index in [1.54, 1.807) is 39.0 Å². The smallest absolute Gasteiger partial charge is 0.356 e. The number of esters is 1. The van der Waals surface area contributed by atoms with Crippen molar-refractivity contribution in [2.24, 2.45) is 0 Å². The lowest BCUT2D eigenvalue weighted by Crippen LogP contribution is -2.24. The first-order valence-corrected chi connectivity index (χ1v) is 11.2. The fourth-order valence-corrected chi connectivity index (χ4v) is 4.17. The molecule has 1 aromatic carbocycles. The van der Waals surface area contributed by atoms with E-state index >= 15 is 0 Å². The summed E-state index contributed by atoms with van der Waals surface area (Å²) in [5, 5.41) is 4.58. The predicted octanol–water partition coefficient (Wildman–Crippen LogP) is 3.09. The Morgan fingerprint density at radius 3 is 2.46 bits per heavy atom. The molecule has 4 heterocycles. The lowest BCUT2D eigenvalue weighted by atomic mass is 9.99. The number of aromatic nitrogens is 6. The van der Waals surface area contributed by atoms with Gasteiger partial charge in [0.2, 0.25) is 5.95 Å². The van der Waals surface area contributed by atoms with Crippen LogP contribution in [0.4, 0.5) is 10.3 Å². The van der Waals surface area contributed by atoms with Crippen molar-refractivity contribution >= 4 is 17.6 Å². The molecule has 0 bridgehead atoms. The highest BCUT2D eigenvalue weighted by atomic mass is 19.1. The molecule has 0 unspecified atom stereocenters. The summed E-state index contributed by atoms with van der Waals surface area (Å²) in [7, 11) is 1.26. The number of carbonyl (C=O) groups excluding carboxylic acids is 1. The monoisotopic (exact) mass is 503 g/mol. The van der Waals surface area contributed by atoms with E-state index in [1.165, 1.54) is 34.4 Å². The van der Waals surface area contributed by atoms with E-state index in [-0.39, 0.29) is 23.8 Å². The van der Waals surface area contributed by atoms with E-state index in [0.717, 1.165) is 0 Å². The molecule has 0 saturated heterocycles. The van der Waals surface area contributed by atoms with Gasteiger partial charge in [0.25, 0.3) is 0 Å². The molecule has 2 N–H and O–H groups in total. The molecule has 0 saturated carbocycles. The molecular formula is C25H22FN7O4. The summed E-state index contributed by atoms with van der Waals surface area (Å²) < 4.78 is 26.4. The summed E-state index contributed by atoms with van der Waals surface area (Å²) >= 11 is 0. The van der Waals surface area contributed by atoms with Crippen molar-refractivity contribution in [2.45, 2.75) is 27.3 Å². The number of aryl methyl sites for hydroxylation is 3. The van der Waals surface area contributed by atoms with Crippen molar-refractivity contribution in [3.8, 4) is 22.4 Å². The van der Waals surface area contributed by atoms with Gasteiger partial charge in [-0.25, -0.2) is 38.0 Å². The van der Waals surface area contributed by atoms with Gasteiger partial charge in [0.15, 0.2) is 11.5 Å². The topological polar surface area (TPSA) is 143 Å². The van der Waals surface area contributed by atoms with Gasteiger partial charge in [0, 0.05) is 18.2 Å². The molecule has 188 valence electrons. The number of pyridine rings is 1. The van der Waals surface area contributed by atoms with Gasteiger partial charge in [-0.15, -0.1) is 5.10 Å². The number of hydrogen-bond acceptors (Lipinski definition) is 9. The zero-order valence-electron chi connectivity index (χ0n) is 20.4. The third kappa shape index (κ3) is 4.22. The molecule has 0 amide bonds. The molecule has 11 nitrogen and oxygen atoms in total. The van der Waals surface area contributed by atoms with E-state index in [9.17, 15) is 14.0 Å². The third-order valence-electron chi connectivity index (χ3n) is 5.81.